The van der Waals surface area contributed by atoms with Crippen molar-refractivity contribution in [2.75, 3.05) is 38.6 Å². The summed E-state index contributed by atoms with van der Waals surface area (Å²) in [6.07, 6.45) is 0.768. The fourth-order valence-corrected chi connectivity index (χ4v) is 3.72. The van der Waals surface area contributed by atoms with Gasteiger partial charge in [-0.15, -0.1) is 0 Å². The lowest BCUT2D eigenvalue weighted by atomic mass is 10.0. The Morgan fingerprint density at radius 3 is 2.86 bits per heavy atom. The van der Waals surface area contributed by atoms with Crippen LogP contribution in [0.4, 0.5) is 5.13 Å². The molecule has 118 valence electrons. The predicted octanol–water partition coefficient (Wildman–Crippen LogP) is 2.02. The molecule has 1 atom stereocenters. The number of benzene rings is 1. The maximum absolute atomic E-state index is 10.6. The molecule has 1 aromatic carbocycles. The van der Waals surface area contributed by atoms with Crippen LogP contribution < -0.4 is 4.90 Å². The molecule has 2 aromatic rings. The molecule has 0 spiro atoms. The Labute approximate surface area is 135 Å². The molecule has 1 aliphatic rings. The SMILES string of the molecule is Cc1ccccc1-c1nsc(N2CCC(O)(CN(C)C)C2)n1. The van der Waals surface area contributed by atoms with E-state index in [1.165, 1.54) is 17.1 Å². The maximum Gasteiger partial charge on any atom is 0.205 e. The molecule has 1 aliphatic heterocycles. The van der Waals surface area contributed by atoms with E-state index in [1.54, 1.807) is 0 Å². The van der Waals surface area contributed by atoms with Gasteiger partial charge >= 0.3 is 0 Å². The monoisotopic (exact) mass is 318 g/mol. The van der Waals surface area contributed by atoms with E-state index in [9.17, 15) is 5.11 Å². The number of hydrogen-bond acceptors (Lipinski definition) is 6. The Morgan fingerprint density at radius 2 is 2.14 bits per heavy atom. The minimum Gasteiger partial charge on any atom is -0.387 e. The number of hydrogen-bond donors (Lipinski definition) is 1. The van der Waals surface area contributed by atoms with Crippen molar-refractivity contribution in [1.82, 2.24) is 14.3 Å². The van der Waals surface area contributed by atoms with E-state index in [2.05, 4.69) is 27.2 Å². The van der Waals surface area contributed by atoms with Crippen molar-refractivity contribution in [1.29, 1.82) is 0 Å². The van der Waals surface area contributed by atoms with Crippen LogP contribution in [0.3, 0.4) is 0 Å². The number of β-amino-alcohol motifs (C(OH)–C–C–N with tert-alkyl or cyclic N) is 1. The second kappa shape index (κ2) is 5.95. The topological polar surface area (TPSA) is 52.5 Å². The van der Waals surface area contributed by atoms with Gasteiger partial charge in [0.2, 0.25) is 5.13 Å². The summed E-state index contributed by atoms with van der Waals surface area (Å²) in [6.45, 7) is 4.19. The van der Waals surface area contributed by atoms with E-state index in [1.807, 2.05) is 37.2 Å². The zero-order chi connectivity index (χ0) is 15.7. The lowest BCUT2D eigenvalue weighted by molar-refractivity contribution is 0.0366. The largest absolute Gasteiger partial charge is 0.387 e. The molecule has 1 aromatic heterocycles. The van der Waals surface area contributed by atoms with Crippen LogP contribution in [-0.2, 0) is 0 Å². The fraction of sp³-hybridized carbons (Fsp3) is 0.500. The number of aliphatic hydroxyl groups is 1. The number of nitrogens with zero attached hydrogens (tertiary/aromatic N) is 4. The van der Waals surface area contributed by atoms with Gasteiger partial charge in [-0.05, 0) is 33.0 Å². The Morgan fingerprint density at radius 1 is 1.36 bits per heavy atom. The van der Waals surface area contributed by atoms with Gasteiger partial charge in [0, 0.05) is 30.2 Å². The number of aryl methyl sites for hydroxylation is 1. The van der Waals surface area contributed by atoms with Gasteiger partial charge in [-0.3, -0.25) is 0 Å². The van der Waals surface area contributed by atoms with Crippen LogP contribution in [0, 0.1) is 6.92 Å². The van der Waals surface area contributed by atoms with Gasteiger partial charge in [0.25, 0.3) is 0 Å². The van der Waals surface area contributed by atoms with Crippen molar-refractivity contribution >= 4 is 16.7 Å². The average molecular weight is 318 g/mol. The van der Waals surface area contributed by atoms with Gasteiger partial charge in [-0.2, -0.15) is 9.36 Å². The van der Waals surface area contributed by atoms with Crippen molar-refractivity contribution < 1.29 is 5.11 Å². The van der Waals surface area contributed by atoms with Crippen LogP contribution in [0.25, 0.3) is 11.4 Å². The highest BCUT2D eigenvalue weighted by Crippen LogP contribution is 2.31. The highest BCUT2D eigenvalue weighted by molar-refractivity contribution is 7.09. The summed E-state index contributed by atoms with van der Waals surface area (Å²) < 4.78 is 4.50. The normalized spacial score (nSPS) is 21.8. The first kappa shape index (κ1) is 15.4. The smallest absolute Gasteiger partial charge is 0.205 e. The standard InChI is InChI=1S/C16H22N4OS/c1-12-6-4-5-7-13(12)14-17-15(22-18-14)20-9-8-16(21,11-20)10-19(2)3/h4-7,21H,8-11H2,1-3H3. The summed E-state index contributed by atoms with van der Waals surface area (Å²) in [7, 11) is 3.98. The molecule has 2 heterocycles. The van der Waals surface area contributed by atoms with Crippen molar-refractivity contribution in [2.45, 2.75) is 18.9 Å². The summed E-state index contributed by atoms with van der Waals surface area (Å²) in [4.78, 5) is 8.85. The van der Waals surface area contributed by atoms with E-state index < -0.39 is 5.60 Å². The van der Waals surface area contributed by atoms with Crippen molar-refractivity contribution in [2.24, 2.45) is 0 Å². The highest BCUT2D eigenvalue weighted by atomic mass is 32.1. The molecular weight excluding hydrogens is 296 g/mol. The van der Waals surface area contributed by atoms with E-state index in [-0.39, 0.29) is 0 Å². The lowest BCUT2D eigenvalue weighted by Crippen LogP contribution is -2.42. The Balaban J connectivity index is 1.77. The van der Waals surface area contributed by atoms with Crippen LogP contribution >= 0.6 is 11.5 Å². The molecule has 1 saturated heterocycles. The molecule has 0 amide bonds. The van der Waals surface area contributed by atoms with Gasteiger partial charge in [0.15, 0.2) is 5.82 Å². The van der Waals surface area contributed by atoms with Crippen LogP contribution in [0.1, 0.15) is 12.0 Å². The van der Waals surface area contributed by atoms with E-state index in [0.29, 0.717) is 13.1 Å². The fourth-order valence-electron chi connectivity index (χ4n) is 3.01. The number of rotatable bonds is 4. The molecule has 5 nitrogen and oxygen atoms in total. The Kier molecular flexibility index (Phi) is 4.16. The number of anilines is 1. The zero-order valence-corrected chi connectivity index (χ0v) is 14.1. The van der Waals surface area contributed by atoms with Crippen molar-refractivity contribution in [3.05, 3.63) is 29.8 Å². The zero-order valence-electron chi connectivity index (χ0n) is 13.3. The van der Waals surface area contributed by atoms with Gasteiger partial charge < -0.3 is 14.9 Å². The quantitative estimate of drug-likeness (QED) is 0.935. The summed E-state index contributed by atoms with van der Waals surface area (Å²) >= 11 is 1.41. The van der Waals surface area contributed by atoms with Gasteiger partial charge in [0.05, 0.1) is 12.1 Å². The van der Waals surface area contributed by atoms with Gasteiger partial charge in [0.1, 0.15) is 0 Å². The Hall–Kier alpha value is -1.50. The maximum atomic E-state index is 10.6. The third kappa shape index (κ3) is 3.14. The summed E-state index contributed by atoms with van der Waals surface area (Å²) in [5.41, 5.74) is 1.60. The predicted molar refractivity (Wildman–Crippen MR) is 90.4 cm³/mol. The van der Waals surface area contributed by atoms with Crippen LogP contribution in [0.2, 0.25) is 0 Å². The van der Waals surface area contributed by atoms with Crippen LogP contribution in [0.15, 0.2) is 24.3 Å². The van der Waals surface area contributed by atoms with E-state index >= 15 is 0 Å². The molecular formula is C16H22N4OS. The number of aromatic nitrogens is 2. The second-order valence-electron chi connectivity index (χ2n) is 6.35. The minimum atomic E-state index is -0.655. The third-order valence-electron chi connectivity index (χ3n) is 4.01. The lowest BCUT2D eigenvalue weighted by Gasteiger charge is -2.26. The third-order valence-corrected chi connectivity index (χ3v) is 4.79. The summed E-state index contributed by atoms with van der Waals surface area (Å²) in [5, 5.41) is 11.5. The molecule has 0 bridgehead atoms. The van der Waals surface area contributed by atoms with E-state index in [0.717, 1.165) is 29.5 Å². The van der Waals surface area contributed by atoms with Crippen molar-refractivity contribution in [3.8, 4) is 11.4 Å². The van der Waals surface area contributed by atoms with Crippen LogP contribution in [-0.4, -0.2) is 58.7 Å². The molecule has 0 saturated carbocycles. The molecule has 1 unspecified atom stereocenters. The molecule has 6 heteroatoms. The summed E-state index contributed by atoms with van der Waals surface area (Å²) in [6, 6.07) is 8.15. The van der Waals surface area contributed by atoms with Crippen molar-refractivity contribution in [3.63, 3.8) is 0 Å². The molecule has 0 aliphatic carbocycles. The van der Waals surface area contributed by atoms with E-state index in [4.69, 9.17) is 0 Å². The average Bonchev–Trinajstić information content (AvgIpc) is 3.05. The molecule has 1 fully saturated rings. The molecule has 3 rings (SSSR count). The summed E-state index contributed by atoms with van der Waals surface area (Å²) in [5.74, 6) is 0.779. The Bertz CT molecular complexity index is 657. The van der Waals surface area contributed by atoms with Crippen LogP contribution in [0.5, 0.6) is 0 Å². The van der Waals surface area contributed by atoms with Gasteiger partial charge in [-0.25, -0.2) is 0 Å². The molecule has 0 radical (unpaired) electrons. The number of likely N-dealkylation sites (N-methyl/N-ethyl adjacent to an activating group) is 1. The first-order valence-corrected chi connectivity index (χ1v) is 8.26. The highest BCUT2D eigenvalue weighted by Gasteiger charge is 2.37. The molecule has 22 heavy (non-hydrogen) atoms. The van der Waals surface area contributed by atoms with Gasteiger partial charge in [-0.1, -0.05) is 24.3 Å². The first-order valence-electron chi connectivity index (χ1n) is 7.49. The molecule has 1 N–H and O–H groups in total. The minimum absolute atomic E-state index is 0.619. The first-order chi connectivity index (χ1) is 10.5. The second-order valence-corrected chi connectivity index (χ2v) is 7.08.